The molecule has 0 spiro atoms. The highest BCUT2D eigenvalue weighted by Crippen LogP contribution is 2.16. The second kappa shape index (κ2) is 5.31. The molecule has 0 atom stereocenters. The van der Waals surface area contributed by atoms with E-state index in [1.807, 2.05) is 0 Å². The minimum absolute atomic E-state index is 0.389. The summed E-state index contributed by atoms with van der Waals surface area (Å²) in [5, 5.41) is 16.5. The van der Waals surface area contributed by atoms with Crippen LogP contribution >= 0.6 is 0 Å². The van der Waals surface area contributed by atoms with Crippen LogP contribution in [0.4, 0.5) is 0 Å². The van der Waals surface area contributed by atoms with Crippen LogP contribution in [0.15, 0.2) is 48.1 Å². The van der Waals surface area contributed by atoms with Gasteiger partial charge in [-0.25, -0.2) is 0 Å². The lowest BCUT2D eigenvalue weighted by Crippen LogP contribution is -2.48. The van der Waals surface area contributed by atoms with Gasteiger partial charge in [0.05, 0.1) is 10.7 Å². The summed E-state index contributed by atoms with van der Waals surface area (Å²) in [7, 11) is -4.80. The Hall–Kier alpha value is -3.17. The van der Waals surface area contributed by atoms with Crippen molar-refractivity contribution in [2.45, 2.75) is 4.90 Å². The van der Waals surface area contributed by atoms with Crippen LogP contribution in [0, 0.1) is 5.39 Å². The third kappa shape index (κ3) is 2.30. The van der Waals surface area contributed by atoms with Gasteiger partial charge in [-0.1, -0.05) is 12.1 Å². The van der Waals surface area contributed by atoms with Crippen LogP contribution in [-0.2, 0) is 10.1 Å². The molecule has 0 amide bonds. The van der Waals surface area contributed by atoms with Crippen LogP contribution in [-0.4, -0.2) is 13.0 Å². The van der Waals surface area contributed by atoms with E-state index in [-0.39, 0.29) is 5.39 Å². The SMILES string of the molecule is N#[N+]N=c1c(=NN=[N-])c(=O)c2cccc(S(=O)(=O)O)c2c1=O. The van der Waals surface area contributed by atoms with Gasteiger partial charge < -0.3 is 10.6 Å². The molecule has 0 heterocycles. The quantitative estimate of drug-likeness (QED) is 0.327. The average Bonchev–Trinajstić information content (AvgIpc) is 2.46. The number of hydrogen-bond donors (Lipinski definition) is 1. The summed E-state index contributed by atoms with van der Waals surface area (Å²) in [6, 6.07) is 3.15. The summed E-state index contributed by atoms with van der Waals surface area (Å²) in [4.78, 5) is 23.6. The Morgan fingerprint density at radius 3 is 2.41 bits per heavy atom. The molecule has 11 nitrogen and oxygen atoms in total. The smallest absolute Gasteiger partial charge is 0.339 e. The molecule has 0 saturated heterocycles. The van der Waals surface area contributed by atoms with Crippen molar-refractivity contribution >= 4 is 20.9 Å². The van der Waals surface area contributed by atoms with Gasteiger partial charge in [0.2, 0.25) is 10.8 Å². The molecule has 110 valence electrons. The van der Waals surface area contributed by atoms with Crippen molar-refractivity contribution in [3.8, 4) is 0 Å². The van der Waals surface area contributed by atoms with Crippen molar-refractivity contribution in [3.05, 3.63) is 60.0 Å². The van der Waals surface area contributed by atoms with Crippen LogP contribution in [0.2, 0.25) is 0 Å². The first-order valence-electron chi connectivity index (χ1n) is 5.37. The maximum atomic E-state index is 12.3. The van der Waals surface area contributed by atoms with E-state index in [1.54, 1.807) is 0 Å². The molecule has 0 bridgehead atoms. The van der Waals surface area contributed by atoms with E-state index in [0.717, 1.165) is 18.2 Å². The lowest BCUT2D eigenvalue weighted by Gasteiger charge is -2.02. The standard InChI is InChI=1S/C10H4N6O5S/c11-15-13-7-8(14-16-12)10(18)6-4(9(7)17)2-1-3-5(6)22(19,20)21/h1-3H,(H,19,20,21). The Kier molecular flexibility index (Phi) is 3.68. The van der Waals surface area contributed by atoms with E-state index in [2.05, 4.69) is 20.5 Å². The van der Waals surface area contributed by atoms with Gasteiger partial charge in [0.15, 0.2) is 10.5 Å². The first-order valence-corrected chi connectivity index (χ1v) is 6.81. The molecule has 0 fully saturated rings. The van der Waals surface area contributed by atoms with Gasteiger partial charge in [-0.2, -0.15) is 8.42 Å². The summed E-state index contributed by atoms with van der Waals surface area (Å²) >= 11 is 0. The van der Waals surface area contributed by atoms with Crippen molar-refractivity contribution in [1.82, 2.24) is 0 Å². The topological polar surface area (TPSA) is 176 Å². The molecule has 12 heteroatoms. The Morgan fingerprint density at radius 2 is 1.86 bits per heavy atom. The van der Waals surface area contributed by atoms with Crippen molar-refractivity contribution < 1.29 is 13.0 Å². The van der Waals surface area contributed by atoms with E-state index >= 15 is 0 Å². The second-order valence-electron chi connectivity index (χ2n) is 3.89. The predicted molar refractivity (Wildman–Crippen MR) is 70.7 cm³/mol. The van der Waals surface area contributed by atoms with E-state index in [9.17, 15) is 18.0 Å². The van der Waals surface area contributed by atoms with Crippen LogP contribution in [0.1, 0.15) is 0 Å². The largest absolute Gasteiger partial charge is 0.362 e. The average molecular weight is 320 g/mol. The molecule has 0 unspecified atom stereocenters. The molecule has 1 N–H and O–H groups in total. The molecular weight excluding hydrogens is 316 g/mol. The molecular formula is C10H4N6O5S. The maximum absolute atomic E-state index is 12.3. The minimum Gasteiger partial charge on any atom is -0.362 e. The van der Waals surface area contributed by atoms with Gasteiger partial charge in [-0.15, -0.1) is 0 Å². The minimum atomic E-state index is -4.80. The highest BCUT2D eigenvalue weighted by Gasteiger charge is 2.20. The second-order valence-corrected chi connectivity index (χ2v) is 5.28. The van der Waals surface area contributed by atoms with Crippen LogP contribution in [0.3, 0.4) is 0 Å². The number of diazo groups is 1. The molecule has 0 aliphatic heterocycles. The molecule has 2 aromatic rings. The Balaban J connectivity index is 3.39. The lowest BCUT2D eigenvalue weighted by molar-refractivity contribution is 0.484. The van der Waals surface area contributed by atoms with Gasteiger partial charge >= 0.3 is 5.08 Å². The van der Waals surface area contributed by atoms with Gasteiger partial charge in [0.1, 0.15) is 4.90 Å². The van der Waals surface area contributed by atoms with E-state index in [1.165, 1.54) is 0 Å². The Morgan fingerprint density at radius 1 is 1.18 bits per heavy atom. The number of benzene rings is 2. The molecule has 22 heavy (non-hydrogen) atoms. The predicted octanol–water partition coefficient (Wildman–Crippen LogP) is -0.811. The zero-order valence-corrected chi connectivity index (χ0v) is 11.2. The molecule has 2 rings (SSSR count). The van der Waals surface area contributed by atoms with Crippen LogP contribution < -0.4 is 21.6 Å². The van der Waals surface area contributed by atoms with Crippen molar-refractivity contribution in [2.75, 3.05) is 0 Å². The summed E-state index contributed by atoms with van der Waals surface area (Å²) < 4.78 is 31.8. The van der Waals surface area contributed by atoms with Gasteiger partial charge in [0.25, 0.3) is 15.5 Å². The fraction of sp³-hybridized carbons (Fsp3) is 0. The highest BCUT2D eigenvalue weighted by molar-refractivity contribution is 7.86. The summed E-state index contributed by atoms with van der Waals surface area (Å²) in [5.41, 5.74) is 6.28. The highest BCUT2D eigenvalue weighted by atomic mass is 32.2. The molecule has 0 radical (unpaired) electrons. The third-order valence-corrected chi connectivity index (χ3v) is 3.62. The lowest BCUT2D eigenvalue weighted by atomic mass is 10.1. The van der Waals surface area contributed by atoms with Crippen LogP contribution in [0.25, 0.3) is 21.4 Å². The van der Waals surface area contributed by atoms with Crippen molar-refractivity contribution in [1.29, 1.82) is 5.39 Å². The van der Waals surface area contributed by atoms with Gasteiger partial charge in [-0.05, 0) is 6.07 Å². The summed E-state index contributed by atoms with van der Waals surface area (Å²) in [6.45, 7) is 0. The maximum Gasteiger partial charge on any atom is 0.339 e. The van der Waals surface area contributed by atoms with Gasteiger partial charge in [0, 0.05) is 5.39 Å². The number of nitrogens with zero attached hydrogens (tertiary/aromatic N) is 6. The number of hydrogen-bond acceptors (Lipinski definition) is 7. The molecule has 0 aromatic heterocycles. The summed E-state index contributed by atoms with van der Waals surface area (Å²) in [6.07, 6.45) is 0. The summed E-state index contributed by atoms with van der Waals surface area (Å²) in [5.74, 6) is 0. The van der Waals surface area contributed by atoms with E-state index in [4.69, 9.17) is 15.5 Å². The molecule has 2 aromatic carbocycles. The first kappa shape index (κ1) is 15.2. The number of fused-ring (bicyclic) bond motifs is 1. The zero-order chi connectivity index (χ0) is 16.5. The Bertz CT molecular complexity index is 1170. The first-order chi connectivity index (χ1) is 10.3. The molecule has 0 aliphatic carbocycles. The van der Waals surface area contributed by atoms with E-state index in [0.29, 0.717) is 0 Å². The zero-order valence-electron chi connectivity index (χ0n) is 10.4. The molecule has 0 saturated carbocycles. The number of rotatable bonds is 2. The van der Waals surface area contributed by atoms with Gasteiger partial charge in [-0.3, -0.25) is 19.4 Å². The normalized spacial score (nSPS) is 13.3. The van der Waals surface area contributed by atoms with Crippen LogP contribution in [0.5, 0.6) is 0 Å². The Labute approximate surface area is 120 Å². The van der Waals surface area contributed by atoms with Crippen molar-refractivity contribution in [2.24, 2.45) is 15.4 Å². The third-order valence-electron chi connectivity index (χ3n) is 2.72. The monoisotopic (exact) mass is 320 g/mol. The molecule has 0 aliphatic rings. The fourth-order valence-electron chi connectivity index (χ4n) is 1.91. The fourth-order valence-corrected chi connectivity index (χ4v) is 2.62. The van der Waals surface area contributed by atoms with E-state index < -0.39 is 42.0 Å². The van der Waals surface area contributed by atoms with Crippen molar-refractivity contribution in [3.63, 3.8) is 0 Å².